The fourth-order valence-corrected chi connectivity index (χ4v) is 3.78. The number of methoxy groups -OCH3 is 1. The molecule has 1 aromatic rings. The minimum Gasteiger partial charge on any atom is -0.495 e. The Hall–Kier alpha value is -1.64. The predicted molar refractivity (Wildman–Crippen MR) is 89.8 cm³/mol. The van der Waals surface area contributed by atoms with Crippen LogP contribution in [-0.4, -0.2) is 47.2 Å². The molecule has 1 atom stereocenters. The van der Waals surface area contributed by atoms with Gasteiger partial charge >= 0.3 is 0 Å². The van der Waals surface area contributed by atoms with Crippen molar-refractivity contribution in [2.24, 2.45) is 0 Å². The Balaban J connectivity index is 2.16. The van der Waals surface area contributed by atoms with Gasteiger partial charge in [-0.2, -0.15) is 0 Å². The first-order valence-corrected chi connectivity index (χ1v) is 9.53. The molecular formula is C16H24N2O5S. The van der Waals surface area contributed by atoms with E-state index in [-0.39, 0.29) is 28.2 Å². The summed E-state index contributed by atoms with van der Waals surface area (Å²) >= 11 is 0. The molecule has 2 rings (SSSR count). The van der Waals surface area contributed by atoms with Gasteiger partial charge in [-0.05, 0) is 37.5 Å². The number of carbonyl (C=O) groups is 1. The fraction of sp³-hybridized carbons (Fsp3) is 0.562. The second-order valence-corrected chi connectivity index (χ2v) is 7.34. The average Bonchev–Trinajstić information content (AvgIpc) is 3.10. The van der Waals surface area contributed by atoms with Crippen LogP contribution in [0.4, 0.5) is 0 Å². The second kappa shape index (κ2) is 8.46. The van der Waals surface area contributed by atoms with Crippen molar-refractivity contribution in [3.8, 4) is 5.75 Å². The molecule has 8 heteroatoms. The van der Waals surface area contributed by atoms with E-state index in [4.69, 9.17) is 9.47 Å². The highest BCUT2D eigenvalue weighted by atomic mass is 32.2. The van der Waals surface area contributed by atoms with Crippen molar-refractivity contribution < 1.29 is 22.7 Å². The van der Waals surface area contributed by atoms with Crippen molar-refractivity contribution in [1.82, 2.24) is 10.0 Å². The maximum Gasteiger partial charge on any atom is 0.251 e. The molecule has 1 fully saturated rings. The van der Waals surface area contributed by atoms with Crippen LogP contribution in [-0.2, 0) is 14.8 Å². The fourth-order valence-electron chi connectivity index (χ4n) is 2.46. The van der Waals surface area contributed by atoms with Gasteiger partial charge in [0.25, 0.3) is 5.91 Å². The molecule has 7 nitrogen and oxygen atoms in total. The number of sulfonamides is 1. The van der Waals surface area contributed by atoms with Gasteiger partial charge in [-0.25, -0.2) is 13.1 Å². The summed E-state index contributed by atoms with van der Waals surface area (Å²) < 4.78 is 37.8. The maximum absolute atomic E-state index is 12.4. The quantitative estimate of drug-likeness (QED) is 0.732. The molecule has 1 amide bonds. The van der Waals surface area contributed by atoms with E-state index in [2.05, 4.69) is 10.0 Å². The van der Waals surface area contributed by atoms with Gasteiger partial charge in [0, 0.05) is 25.3 Å². The first-order chi connectivity index (χ1) is 11.5. The SMILES string of the molecule is CCCNS(=O)(=O)c1cc(C(=O)NC[C@H]2CCCO2)ccc1OC. The molecule has 0 radical (unpaired) electrons. The summed E-state index contributed by atoms with van der Waals surface area (Å²) in [5, 5.41) is 2.78. The molecule has 0 aliphatic carbocycles. The van der Waals surface area contributed by atoms with Gasteiger partial charge in [0.15, 0.2) is 0 Å². The zero-order chi connectivity index (χ0) is 17.6. The molecule has 1 saturated heterocycles. The Bertz CT molecular complexity index is 669. The normalized spacial score (nSPS) is 17.7. The lowest BCUT2D eigenvalue weighted by Crippen LogP contribution is -2.32. The van der Waals surface area contributed by atoms with E-state index in [1.807, 2.05) is 6.92 Å². The van der Waals surface area contributed by atoms with Gasteiger partial charge in [-0.1, -0.05) is 6.92 Å². The second-order valence-electron chi connectivity index (χ2n) is 5.61. The molecule has 1 heterocycles. The maximum atomic E-state index is 12.4. The Morgan fingerprint density at radius 2 is 2.21 bits per heavy atom. The number of nitrogens with one attached hydrogen (secondary N) is 2. The van der Waals surface area contributed by atoms with E-state index in [0.29, 0.717) is 26.1 Å². The largest absolute Gasteiger partial charge is 0.495 e. The molecule has 1 aliphatic heterocycles. The molecule has 0 bridgehead atoms. The molecule has 1 aromatic carbocycles. The zero-order valence-corrected chi connectivity index (χ0v) is 14.8. The van der Waals surface area contributed by atoms with Crippen LogP contribution in [0.25, 0.3) is 0 Å². The van der Waals surface area contributed by atoms with Crippen LogP contribution in [0.15, 0.2) is 23.1 Å². The summed E-state index contributed by atoms with van der Waals surface area (Å²) in [6.45, 7) is 3.32. The van der Waals surface area contributed by atoms with Crippen molar-refractivity contribution in [2.45, 2.75) is 37.2 Å². The highest BCUT2D eigenvalue weighted by Crippen LogP contribution is 2.25. The number of carbonyl (C=O) groups excluding carboxylic acids is 1. The van der Waals surface area contributed by atoms with Crippen LogP contribution < -0.4 is 14.8 Å². The van der Waals surface area contributed by atoms with Crippen molar-refractivity contribution in [3.05, 3.63) is 23.8 Å². The smallest absolute Gasteiger partial charge is 0.251 e. The molecule has 24 heavy (non-hydrogen) atoms. The van der Waals surface area contributed by atoms with Crippen LogP contribution in [0.2, 0.25) is 0 Å². The summed E-state index contributed by atoms with van der Waals surface area (Å²) in [5.41, 5.74) is 0.269. The van der Waals surface area contributed by atoms with Crippen molar-refractivity contribution in [3.63, 3.8) is 0 Å². The molecule has 2 N–H and O–H groups in total. The highest BCUT2D eigenvalue weighted by Gasteiger charge is 2.22. The van der Waals surface area contributed by atoms with Gasteiger partial charge in [-0.15, -0.1) is 0 Å². The van der Waals surface area contributed by atoms with Gasteiger partial charge in [0.1, 0.15) is 10.6 Å². The van der Waals surface area contributed by atoms with E-state index in [1.165, 1.54) is 19.2 Å². The lowest BCUT2D eigenvalue weighted by atomic mass is 10.2. The molecule has 0 unspecified atom stereocenters. The lowest BCUT2D eigenvalue weighted by Gasteiger charge is -2.13. The third-order valence-corrected chi connectivity index (χ3v) is 5.25. The van der Waals surface area contributed by atoms with Gasteiger partial charge < -0.3 is 14.8 Å². The Morgan fingerprint density at radius 3 is 2.83 bits per heavy atom. The molecular weight excluding hydrogens is 332 g/mol. The first kappa shape index (κ1) is 18.7. The number of hydrogen-bond donors (Lipinski definition) is 2. The van der Waals surface area contributed by atoms with Crippen LogP contribution in [0.5, 0.6) is 5.75 Å². The molecule has 0 spiro atoms. The standard InChI is InChI=1S/C16H24N2O5S/c1-3-8-18-24(20,21)15-10-12(6-7-14(15)22-2)16(19)17-11-13-5-4-9-23-13/h6-7,10,13,18H,3-5,8-9,11H2,1-2H3,(H,17,19)/t13-/m1/s1. The van der Waals surface area contributed by atoms with Crippen LogP contribution in [0, 0.1) is 0 Å². The summed E-state index contributed by atoms with van der Waals surface area (Å²) in [6, 6.07) is 4.37. The van der Waals surface area contributed by atoms with E-state index in [9.17, 15) is 13.2 Å². The van der Waals surface area contributed by atoms with Crippen LogP contribution in [0.1, 0.15) is 36.5 Å². The molecule has 1 aliphatic rings. The number of amides is 1. The molecule has 0 saturated carbocycles. The van der Waals surface area contributed by atoms with E-state index >= 15 is 0 Å². The summed E-state index contributed by atoms with van der Waals surface area (Å²) in [6.07, 6.45) is 2.61. The lowest BCUT2D eigenvalue weighted by molar-refractivity contribution is 0.0857. The van der Waals surface area contributed by atoms with Gasteiger partial charge in [-0.3, -0.25) is 4.79 Å². The van der Waals surface area contributed by atoms with E-state index in [0.717, 1.165) is 12.8 Å². The van der Waals surface area contributed by atoms with Gasteiger partial charge in [0.2, 0.25) is 10.0 Å². The van der Waals surface area contributed by atoms with Crippen molar-refractivity contribution in [1.29, 1.82) is 0 Å². The number of benzene rings is 1. The van der Waals surface area contributed by atoms with Crippen LogP contribution in [0.3, 0.4) is 0 Å². The van der Waals surface area contributed by atoms with E-state index < -0.39 is 10.0 Å². The minimum atomic E-state index is -3.73. The number of ether oxygens (including phenoxy) is 2. The third kappa shape index (κ3) is 4.68. The monoisotopic (exact) mass is 356 g/mol. The predicted octanol–water partition coefficient (Wildman–Crippen LogP) is 1.29. The highest BCUT2D eigenvalue weighted by molar-refractivity contribution is 7.89. The third-order valence-electron chi connectivity index (χ3n) is 3.77. The van der Waals surface area contributed by atoms with Crippen molar-refractivity contribution in [2.75, 3.05) is 26.8 Å². The summed E-state index contributed by atoms with van der Waals surface area (Å²) in [4.78, 5) is 12.2. The summed E-state index contributed by atoms with van der Waals surface area (Å²) in [5.74, 6) is -0.130. The topological polar surface area (TPSA) is 93.7 Å². The van der Waals surface area contributed by atoms with Crippen molar-refractivity contribution >= 4 is 15.9 Å². The number of hydrogen-bond acceptors (Lipinski definition) is 5. The minimum absolute atomic E-state index is 0.0293. The van der Waals surface area contributed by atoms with Gasteiger partial charge in [0.05, 0.1) is 13.2 Å². The number of rotatable bonds is 8. The first-order valence-electron chi connectivity index (χ1n) is 8.05. The Labute approximate surface area is 142 Å². The summed E-state index contributed by atoms with van der Waals surface area (Å²) in [7, 11) is -2.34. The Kier molecular flexibility index (Phi) is 6.59. The molecule has 134 valence electrons. The Morgan fingerprint density at radius 1 is 1.42 bits per heavy atom. The average molecular weight is 356 g/mol. The van der Waals surface area contributed by atoms with E-state index in [1.54, 1.807) is 6.07 Å². The molecule has 0 aromatic heterocycles. The van der Waals surface area contributed by atoms with Crippen LogP contribution >= 0.6 is 0 Å². The zero-order valence-electron chi connectivity index (χ0n) is 14.0.